The summed E-state index contributed by atoms with van der Waals surface area (Å²) < 4.78 is 17.8. The second kappa shape index (κ2) is 12.2. The Morgan fingerprint density at radius 3 is 2.58 bits per heavy atom. The standard InChI is InChI=1S/C30H30ClN3O6/c1-6-39-25-11-18(4)22(14-21(25)17(2)3)29-33-24-10-8-7-9-20(24)30(37)34(29)32-15-19-12-23(31)28(26(13-19)38-5)40-16-27(35)36/h7-15,17H,6,16H2,1-5H3,(H,35,36). The van der Waals surface area contributed by atoms with E-state index < -0.39 is 12.6 Å². The number of aromatic nitrogens is 2. The van der Waals surface area contributed by atoms with Gasteiger partial charge in [-0.1, -0.05) is 37.6 Å². The van der Waals surface area contributed by atoms with Crippen LogP contribution in [0.15, 0.2) is 58.4 Å². The van der Waals surface area contributed by atoms with E-state index in [4.69, 9.17) is 35.9 Å². The molecule has 0 saturated heterocycles. The van der Waals surface area contributed by atoms with Gasteiger partial charge in [0.15, 0.2) is 23.9 Å². The van der Waals surface area contributed by atoms with Crippen LogP contribution in [-0.4, -0.2) is 47.3 Å². The van der Waals surface area contributed by atoms with Crippen LogP contribution in [0.25, 0.3) is 22.3 Å². The van der Waals surface area contributed by atoms with Crippen LogP contribution in [-0.2, 0) is 4.79 Å². The maximum absolute atomic E-state index is 13.7. The SMILES string of the molecule is CCOc1cc(C)c(-c2nc3ccccc3c(=O)n2N=Cc2cc(Cl)c(OCC(=O)O)c(OC)c2)cc1C(C)C. The number of methoxy groups -OCH3 is 1. The van der Waals surface area contributed by atoms with Gasteiger partial charge in [-0.25, -0.2) is 9.78 Å². The first-order valence-corrected chi connectivity index (χ1v) is 13.1. The number of halogens is 1. The molecule has 0 aliphatic heterocycles. The van der Waals surface area contributed by atoms with Crippen LogP contribution in [0.3, 0.4) is 0 Å². The molecule has 9 nitrogen and oxygen atoms in total. The summed E-state index contributed by atoms with van der Waals surface area (Å²) >= 11 is 6.37. The third kappa shape index (κ3) is 5.94. The second-order valence-corrected chi connectivity index (χ2v) is 9.73. The van der Waals surface area contributed by atoms with Gasteiger partial charge < -0.3 is 19.3 Å². The molecule has 3 aromatic carbocycles. The van der Waals surface area contributed by atoms with E-state index in [1.54, 1.807) is 30.3 Å². The number of carboxylic acid groups (broad SMARTS) is 1. The zero-order valence-electron chi connectivity index (χ0n) is 22.9. The number of nitrogens with zero attached hydrogens (tertiary/aromatic N) is 3. The topological polar surface area (TPSA) is 112 Å². The molecule has 0 aliphatic carbocycles. The van der Waals surface area contributed by atoms with Crippen molar-refractivity contribution in [2.24, 2.45) is 5.10 Å². The van der Waals surface area contributed by atoms with Crippen LogP contribution in [0.5, 0.6) is 17.2 Å². The third-order valence-corrected chi connectivity index (χ3v) is 6.47. The Morgan fingerprint density at radius 1 is 1.15 bits per heavy atom. The fourth-order valence-electron chi connectivity index (χ4n) is 4.29. The fourth-order valence-corrected chi connectivity index (χ4v) is 4.56. The van der Waals surface area contributed by atoms with E-state index in [1.165, 1.54) is 18.0 Å². The van der Waals surface area contributed by atoms with Crippen molar-refractivity contribution >= 4 is 34.7 Å². The molecule has 0 unspecified atom stereocenters. The van der Waals surface area contributed by atoms with Crippen molar-refractivity contribution in [1.29, 1.82) is 0 Å². The monoisotopic (exact) mass is 563 g/mol. The van der Waals surface area contributed by atoms with E-state index >= 15 is 0 Å². The highest BCUT2D eigenvalue weighted by atomic mass is 35.5. The summed E-state index contributed by atoms with van der Waals surface area (Å²) in [6.07, 6.45) is 1.46. The van der Waals surface area contributed by atoms with Crippen LogP contribution in [0.1, 0.15) is 43.4 Å². The van der Waals surface area contributed by atoms with Gasteiger partial charge >= 0.3 is 5.97 Å². The molecule has 0 spiro atoms. The minimum absolute atomic E-state index is 0.0974. The molecule has 1 N–H and O–H groups in total. The average Bonchev–Trinajstić information content (AvgIpc) is 2.91. The number of aryl methyl sites for hydroxylation is 1. The molecule has 1 aromatic heterocycles. The number of benzene rings is 3. The van der Waals surface area contributed by atoms with Gasteiger partial charge in [0.25, 0.3) is 5.56 Å². The van der Waals surface area contributed by atoms with E-state index in [2.05, 4.69) is 18.9 Å². The first kappa shape index (κ1) is 28.6. The van der Waals surface area contributed by atoms with Gasteiger partial charge in [-0.05, 0) is 72.9 Å². The highest BCUT2D eigenvalue weighted by molar-refractivity contribution is 6.32. The predicted molar refractivity (Wildman–Crippen MR) is 156 cm³/mol. The molecular weight excluding hydrogens is 534 g/mol. The molecule has 0 fully saturated rings. The Kier molecular flexibility index (Phi) is 8.74. The summed E-state index contributed by atoms with van der Waals surface area (Å²) in [6.45, 7) is 8.00. The fraction of sp³-hybridized carbons (Fsp3) is 0.267. The Morgan fingerprint density at radius 2 is 1.90 bits per heavy atom. The van der Waals surface area contributed by atoms with Gasteiger partial charge in [0, 0.05) is 5.56 Å². The summed E-state index contributed by atoms with van der Waals surface area (Å²) in [5.41, 5.74) is 3.34. The maximum atomic E-state index is 13.7. The number of rotatable bonds is 10. The van der Waals surface area contributed by atoms with Crippen molar-refractivity contribution in [3.8, 4) is 28.6 Å². The van der Waals surface area contributed by atoms with Crippen LogP contribution in [0, 0.1) is 6.92 Å². The molecule has 0 atom stereocenters. The van der Waals surface area contributed by atoms with Crippen LogP contribution < -0.4 is 19.8 Å². The van der Waals surface area contributed by atoms with Crippen LogP contribution in [0.4, 0.5) is 0 Å². The number of carbonyl (C=O) groups is 1. The third-order valence-electron chi connectivity index (χ3n) is 6.19. The normalized spacial score (nSPS) is 11.4. The Balaban J connectivity index is 1.90. The molecule has 0 radical (unpaired) electrons. The Bertz CT molecular complexity index is 1660. The molecule has 4 rings (SSSR count). The zero-order valence-corrected chi connectivity index (χ0v) is 23.7. The molecule has 0 saturated carbocycles. The molecular formula is C30H30ClN3O6. The van der Waals surface area contributed by atoms with Crippen LogP contribution >= 0.6 is 11.6 Å². The van der Waals surface area contributed by atoms with Crippen molar-refractivity contribution in [3.05, 3.63) is 80.6 Å². The van der Waals surface area contributed by atoms with Gasteiger partial charge in [0.2, 0.25) is 0 Å². The lowest BCUT2D eigenvalue weighted by molar-refractivity contribution is -0.139. The van der Waals surface area contributed by atoms with Crippen molar-refractivity contribution in [3.63, 3.8) is 0 Å². The molecule has 0 amide bonds. The van der Waals surface area contributed by atoms with E-state index in [0.29, 0.717) is 28.9 Å². The van der Waals surface area contributed by atoms with Gasteiger partial charge in [-0.15, -0.1) is 0 Å². The minimum atomic E-state index is -1.15. The Labute approximate surface area is 236 Å². The number of carboxylic acids is 1. The number of ether oxygens (including phenoxy) is 3. The highest BCUT2D eigenvalue weighted by Gasteiger charge is 2.19. The average molecular weight is 564 g/mol. The molecule has 10 heteroatoms. The second-order valence-electron chi connectivity index (χ2n) is 9.32. The summed E-state index contributed by atoms with van der Waals surface area (Å²) in [6, 6.07) is 14.2. The van der Waals surface area contributed by atoms with Gasteiger partial charge in [0.05, 0.1) is 35.9 Å². The van der Waals surface area contributed by atoms with Gasteiger partial charge in [0.1, 0.15) is 5.75 Å². The van der Waals surface area contributed by atoms with Crippen molar-refractivity contribution in [2.45, 2.75) is 33.6 Å². The van der Waals surface area contributed by atoms with Crippen molar-refractivity contribution in [1.82, 2.24) is 9.66 Å². The summed E-state index contributed by atoms with van der Waals surface area (Å²) in [7, 11) is 1.41. The summed E-state index contributed by atoms with van der Waals surface area (Å²) in [5.74, 6) is 0.514. The predicted octanol–water partition coefficient (Wildman–Crippen LogP) is 5.90. The first-order valence-electron chi connectivity index (χ1n) is 12.7. The smallest absolute Gasteiger partial charge is 0.341 e. The largest absolute Gasteiger partial charge is 0.494 e. The lowest BCUT2D eigenvalue weighted by Gasteiger charge is -2.18. The van der Waals surface area contributed by atoms with Crippen molar-refractivity contribution < 1.29 is 24.1 Å². The maximum Gasteiger partial charge on any atom is 0.341 e. The van der Waals surface area contributed by atoms with E-state index in [0.717, 1.165) is 22.4 Å². The van der Waals surface area contributed by atoms with E-state index in [-0.39, 0.29) is 28.0 Å². The lowest BCUT2D eigenvalue weighted by atomic mass is 9.96. The number of aliphatic carboxylic acids is 1. The molecule has 208 valence electrons. The summed E-state index contributed by atoms with van der Waals surface area (Å²) in [4.78, 5) is 29.5. The van der Waals surface area contributed by atoms with Crippen LogP contribution in [0.2, 0.25) is 5.02 Å². The number of hydrogen-bond donors (Lipinski definition) is 1. The molecule has 1 heterocycles. The lowest BCUT2D eigenvalue weighted by Crippen LogP contribution is -2.21. The van der Waals surface area contributed by atoms with E-state index in [1.807, 2.05) is 32.0 Å². The number of para-hydroxylation sites is 1. The Hall–Kier alpha value is -4.37. The summed E-state index contributed by atoms with van der Waals surface area (Å²) in [5, 5.41) is 14.0. The van der Waals surface area contributed by atoms with E-state index in [9.17, 15) is 9.59 Å². The molecule has 0 aliphatic rings. The molecule has 0 bridgehead atoms. The van der Waals surface area contributed by atoms with Gasteiger partial charge in [-0.2, -0.15) is 9.78 Å². The first-order chi connectivity index (χ1) is 19.1. The minimum Gasteiger partial charge on any atom is -0.494 e. The van der Waals surface area contributed by atoms with Gasteiger partial charge in [-0.3, -0.25) is 4.79 Å². The molecule has 40 heavy (non-hydrogen) atoms. The highest BCUT2D eigenvalue weighted by Crippen LogP contribution is 2.37. The number of hydrogen-bond acceptors (Lipinski definition) is 7. The zero-order chi connectivity index (χ0) is 29.0. The molecule has 4 aromatic rings. The quantitative estimate of drug-likeness (QED) is 0.239. The van der Waals surface area contributed by atoms with Crippen molar-refractivity contribution in [2.75, 3.05) is 20.3 Å². The number of fused-ring (bicyclic) bond motifs is 1.